The number of hydrogen-bond donors (Lipinski definition) is 2. The summed E-state index contributed by atoms with van der Waals surface area (Å²) in [6.07, 6.45) is 2.11. The molecular formula is C13H14ClN3O4. The molecule has 7 nitrogen and oxygen atoms in total. The highest BCUT2D eigenvalue weighted by Gasteiger charge is 2.17. The van der Waals surface area contributed by atoms with E-state index in [1.165, 1.54) is 10.8 Å². The molecule has 0 atom stereocenters. The summed E-state index contributed by atoms with van der Waals surface area (Å²) in [6, 6.07) is 0. The standard InChI is InChI=1S/C13H14ClN3O4/c1-2-3-7-11(14)12(21)10(8(18)4-5-9(19)20)13-15-6-16-17(7)13/h6,18H,2-5H2,1H3,(H,19,20)/b10-8-. The van der Waals surface area contributed by atoms with Crippen LogP contribution in [0.1, 0.15) is 31.9 Å². The number of nitrogens with zero attached hydrogens (tertiary/aromatic N) is 3. The van der Waals surface area contributed by atoms with E-state index in [1.54, 1.807) is 0 Å². The molecule has 112 valence electrons. The summed E-state index contributed by atoms with van der Waals surface area (Å²) in [5, 5.41) is 22.6. The van der Waals surface area contributed by atoms with E-state index in [0.29, 0.717) is 12.1 Å². The molecular weight excluding hydrogens is 298 g/mol. The van der Waals surface area contributed by atoms with E-state index >= 15 is 0 Å². The molecule has 0 spiro atoms. The van der Waals surface area contributed by atoms with E-state index in [1.807, 2.05) is 6.92 Å². The van der Waals surface area contributed by atoms with Crippen LogP contribution in [0, 0.1) is 0 Å². The first-order chi connectivity index (χ1) is 9.97. The maximum atomic E-state index is 12.3. The fourth-order valence-corrected chi connectivity index (χ4v) is 2.38. The van der Waals surface area contributed by atoms with Crippen molar-refractivity contribution in [1.82, 2.24) is 14.6 Å². The van der Waals surface area contributed by atoms with Crippen LogP contribution in [0.25, 0.3) is 11.4 Å². The third kappa shape index (κ3) is 2.82. The lowest BCUT2D eigenvalue weighted by molar-refractivity contribution is -0.136. The maximum Gasteiger partial charge on any atom is 0.303 e. The number of carboxylic acids is 1. The lowest BCUT2D eigenvalue weighted by Crippen LogP contribution is -2.32. The molecule has 0 aliphatic carbocycles. The Labute approximate surface area is 124 Å². The number of fused-ring (bicyclic) bond motifs is 1. The Hall–Kier alpha value is -2.15. The van der Waals surface area contributed by atoms with Crippen molar-refractivity contribution in [3.63, 3.8) is 0 Å². The second-order valence-corrected chi connectivity index (χ2v) is 4.93. The number of halogens is 1. The Morgan fingerprint density at radius 1 is 1.38 bits per heavy atom. The Balaban J connectivity index is 2.76. The number of rotatable bonds is 5. The minimum atomic E-state index is -1.07. The van der Waals surface area contributed by atoms with Crippen molar-refractivity contribution in [2.75, 3.05) is 0 Å². The van der Waals surface area contributed by atoms with Crippen molar-refractivity contribution in [3.8, 4) is 0 Å². The van der Waals surface area contributed by atoms with Gasteiger partial charge < -0.3 is 10.2 Å². The summed E-state index contributed by atoms with van der Waals surface area (Å²) in [5.74, 6) is -1.41. The third-order valence-electron chi connectivity index (χ3n) is 3.06. The zero-order valence-corrected chi connectivity index (χ0v) is 12.1. The summed E-state index contributed by atoms with van der Waals surface area (Å²) in [4.78, 5) is 26.9. The molecule has 0 amide bonds. The molecule has 2 N–H and O–H groups in total. The molecule has 2 aromatic rings. The molecule has 0 saturated carbocycles. The molecule has 0 fully saturated rings. The molecule has 8 heteroatoms. The van der Waals surface area contributed by atoms with Crippen LogP contribution in [0.4, 0.5) is 0 Å². The molecule has 0 bridgehead atoms. The average molecular weight is 312 g/mol. The quantitative estimate of drug-likeness (QED) is 0.851. The van der Waals surface area contributed by atoms with Gasteiger partial charge in [-0.1, -0.05) is 24.9 Å². The van der Waals surface area contributed by atoms with Crippen LogP contribution in [0.5, 0.6) is 0 Å². The van der Waals surface area contributed by atoms with Gasteiger partial charge in [-0.05, 0) is 6.42 Å². The van der Waals surface area contributed by atoms with Crippen molar-refractivity contribution in [3.05, 3.63) is 32.5 Å². The Morgan fingerprint density at radius 2 is 2.10 bits per heavy atom. The molecule has 2 heterocycles. The van der Waals surface area contributed by atoms with E-state index in [-0.39, 0.29) is 34.5 Å². The number of aryl methyl sites for hydroxylation is 1. The van der Waals surface area contributed by atoms with Gasteiger partial charge in [0.15, 0.2) is 5.65 Å². The Bertz CT molecular complexity index is 800. The molecule has 0 saturated heterocycles. The highest BCUT2D eigenvalue weighted by atomic mass is 35.5. The average Bonchev–Trinajstić information content (AvgIpc) is 2.90. The number of aliphatic hydroxyl groups is 1. The largest absolute Gasteiger partial charge is 0.511 e. The third-order valence-corrected chi connectivity index (χ3v) is 3.45. The highest BCUT2D eigenvalue weighted by Crippen LogP contribution is 2.13. The van der Waals surface area contributed by atoms with Crippen molar-refractivity contribution in [2.45, 2.75) is 32.6 Å². The SMILES string of the molecule is CCCc1c(Cl)c(=O)/c(=C(/O)CCC(=O)O)c2ncnn12. The Kier molecular flexibility index (Phi) is 4.42. The number of aliphatic carboxylic acids is 1. The molecule has 2 rings (SSSR count). The molecule has 21 heavy (non-hydrogen) atoms. The van der Waals surface area contributed by atoms with Crippen LogP contribution in [0.3, 0.4) is 0 Å². The van der Waals surface area contributed by atoms with Crippen molar-refractivity contribution < 1.29 is 15.0 Å². The normalized spacial score (nSPS) is 12.7. The highest BCUT2D eigenvalue weighted by molar-refractivity contribution is 6.31. The molecule has 0 aromatic carbocycles. The van der Waals surface area contributed by atoms with Gasteiger partial charge in [-0.25, -0.2) is 9.50 Å². The van der Waals surface area contributed by atoms with E-state index in [9.17, 15) is 14.7 Å². The van der Waals surface area contributed by atoms with Crippen LogP contribution in [-0.2, 0) is 11.2 Å². The number of carboxylic acid groups (broad SMARTS) is 1. The van der Waals surface area contributed by atoms with Gasteiger partial charge in [0.25, 0.3) is 0 Å². The van der Waals surface area contributed by atoms with Crippen LogP contribution in [0.2, 0.25) is 5.02 Å². The number of carbonyl (C=O) groups is 1. The maximum absolute atomic E-state index is 12.3. The van der Waals surface area contributed by atoms with Crippen LogP contribution in [0.15, 0.2) is 11.1 Å². The fourth-order valence-electron chi connectivity index (χ4n) is 2.11. The van der Waals surface area contributed by atoms with Crippen molar-refractivity contribution in [1.29, 1.82) is 0 Å². The van der Waals surface area contributed by atoms with Crippen LogP contribution >= 0.6 is 11.6 Å². The molecule has 0 aliphatic rings. The summed E-state index contributed by atoms with van der Waals surface area (Å²) in [6.45, 7) is 1.94. The van der Waals surface area contributed by atoms with E-state index in [0.717, 1.165) is 6.42 Å². The van der Waals surface area contributed by atoms with Crippen molar-refractivity contribution >= 4 is 29.0 Å². The van der Waals surface area contributed by atoms with Gasteiger partial charge in [-0.15, -0.1) is 0 Å². The second kappa shape index (κ2) is 6.09. The predicted octanol–water partition coefficient (Wildman–Crippen LogP) is 0.945. The molecule has 0 aliphatic heterocycles. The number of aromatic nitrogens is 3. The van der Waals surface area contributed by atoms with E-state index in [2.05, 4.69) is 10.1 Å². The van der Waals surface area contributed by atoms with Gasteiger partial charge in [0.2, 0.25) is 5.43 Å². The number of hydrogen-bond acceptors (Lipinski definition) is 5. The van der Waals surface area contributed by atoms with E-state index < -0.39 is 11.4 Å². The second-order valence-electron chi connectivity index (χ2n) is 4.55. The first-order valence-electron chi connectivity index (χ1n) is 6.45. The van der Waals surface area contributed by atoms with E-state index in [4.69, 9.17) is 16.7 Å². The number of pyridine rings is 1. The van der Waals surface area contributed by atoms with Crippen molar-refractivity contribution in [2.24, 2.45) is 0 Å². The first-order valence-corrected chi connectivity index (χ1v) is 6.83. The first kappa shape index (κ1) is 15.2. The lowest BCUT2D eigenvalue weighted by atomic mass is 10.1. The minimum absolute atomic E-state index is 0.0216. The topological polar surface area (TPSA) is 105 Å². The summed E-state index contributed by atoms with van der Waals surface area (Å²) >= 11 is 6.08. The molecule has 0 radical (unpaired) electrons. The molecule has 0 unspecified atom stereocenters. The van der Waals surface area contributed by atoms with Gasteiger partial charge >= 0.3 is 5.97 Å². The van der Waals surface area contributed by atoms with Gasteiger partial charge in [0.05, 0.1) is 12.1 Å². The zero-order chi connectivity index (χ0) is 15.6. The van der Waals surface area contributed by atoms with Crippen LogP contribution < -0.4 is 10.6 Å². The van der Waals surface area contributed by atoms with Crippen LogP contribution in [-0.4, -0.2) is 30.8 Å². The van der Waals surface area contributed by atoms with Gasteiger partial charge in [-0.3, -0.25) is 9.59 Å². The monoisotopic (exact) mass is 311 g/mol. The van der Waals surface area contributed by atoms with Gasteiger partial charge in [-0.2, -0.15) is 5.10 Å². The van der Waals surface area contributed by atoms with Gasteiger partial charge in [0, 0.05) is 6.42 Å². The summed E-state index contributed by atoms with van der Waals surface area (Å²) in [7, 11) is 0. The summed E-state index contributed by atoms with van der Waals surface area (Å²) < 4.78 is 1.42. The predicted molar refractivity (Wildman–Crippen MR) is 76.4 cm³/mol. The molecule has 2 aromatic heterocycles. The zero-order valence-electron chi connectivity index (χ0n) is 11.3. The number of aliphatic hydroxyl groups excluding tert-OH is 1. The Morgan fingerprint density at radius 3 is 2.71 bits per heavy atom. The summed E-state index contributed by atoms with van der Waals surface area (Å²) in [5.41, 5.74) is 0.172. The minimum Gasteiger partial charge on any atom is -0.511 e. The smallest absolute Gasteiger partial charge is 0.303 e. The van der Waals surface area contributed by atoms with Gasteiger partial charge in [0.1, 0.15) is 22.3 Å². The fraction of sp³-hybridized carbons (Fsp3) is 0.385. The lowest BCUT2D eigenvalue weighted by Gasteiger charge is -2.06.